The molecule has 1 unspecified atom stereocenters. The molecule has 9 aromatic rings. The highest BCUT2D eigenvalue weighted by molar-refractivity contribution is 8.03. The zero-order valence-electron chi connectivity index (χ0n) is 30.4. The average molecular weight is 735 g/mol. The Kier molecular flexibility index (Phi) is 7.85. The van der Waals surface area contributed by atoms with Crippen molar-refractivity contribution in [1.29, 1.82) is 0 Å². The topological polar surface area (TPSA) is 43.6 Å². The molecule has 0 fully saturated rings. The number of fused-ring (bicyclic) bond motifs is 6. The van der Waals surface area contributed by atoms with E-state index in [1.165, 1.54) is 65.1 Å². The van der Waals surface area contributed by atoms with E-state index in [-0.39, 0.29) is 0 Å². The van der Waals surface area contributed by atoms with Crippen molar-refractivity contribution in [2.45, 2.75) is 17.2 Å². The van der Waals surface area contributed by atoms with Crippen LogP contribution in [0.25, 0.3) is 78.1 Å². The largest absolute Gasteiger partial charge is 0.309 e. The number of aromatic nitrogens is 4. The van der Waals surface area contributed by atoms with Crippen LogP contribution in [0.1, 0.15) is 23.7 Å². The van der Waals surface area contributed by atoms with Crippen LogP contribution in [0.3, 0.4) is 0 Å². The molecule has 0 spiro atoms. The van der Waals surface area contributed by atoms with Gasteiger partial charge in [0.1, 0.15) is 0 Å². The molecule has 1 aliphatic heterocycles. The quantitative estimate of drug-likeness (QED) is 0.171. The van der Waals surface area contributed by atoms with Crippen LogP contribution in [0, 0.1) is 0 Å². The zero-order chi connectivity index (χ0) is 37.0. The van der Waals surface area contributed by atoms with Gasteiger partial charge in [-0.15, -0.1) is 0 Å². The van der Waals surface area contributed by atoms with Crippen LogP contribution in [0.2, 0.25) is 0 Å². The molecular weight excluding hydrogens is 701 g/mol. The first-order valence-electron chi connectivity index (χ1n) is 19.0. The van der Waals surface area contributed by atoms with Crippen LogP contribution >= 0.6 is 11.8 Å². The standard InChI is InChI=1S/C51H34N4S/c1-4-12-35(13-5-1)49-52-50(36-14-6-2-7-15-36)54-51(53-49)39-25-28-43-42-27-24-38(31-47(42)56-48(43)32-39)34-22-20-33(21-23-34)37-26-29-46-44(30-37)41-18-10-11-19-45(41)55(46)40-16-8-3-9-17-40/h1-27,29-32,43H,28H2. The van der Waals surface area contributed by atoms with Gasteiger partial charge in [0, 0.05) is 44.0 Å². The number of benzene rings is 7. The summed E-state index contributed by atoms with van der Waals surface area (Å²) in [7, 11) is 0. The number of nitrogens with zero attached hydrogens (tertiary/aromatic N) is 4. The predicted octanol–water partition coefficient (Wildman–Crippen LogP) is 13.2. The average Bonchev–Trinajstić information content (AvgIpc) is 3.82. The molecule has 56 heavy (non-hydrogen) atoms. The van der Waals surface area contributed by atoms with Crippen molar-refractivity contribution < 1.29 is 0 Å². The Balaban J connectivity index is 0.877. The number of para-hydroxylation sites is 2. The third kappa shape index (κ3) is 5.67. The molecule has 0 bridgehead atoms. The van der Waals surface area contributed by atoms with E-state index in [9.17, 15) is 0 Å². The van der Waals surface area contributed by atoms with Gasteiger partial charge >= 0.3 is 0 Å². The summed E-state index contributed by atoms with van der Waals surface area (Å²) in [6.07, 6.45) is 5.50. The highest BCUT2D eigenvalue weighted by Gasteiger charge is 2.31. The molecule has 0 radical (unpaired) electrons. The van der Waals surface area contributed by atoms with Crippen molar-refractivity contribution in [2.24, 2.45) is 0 Å². The molecule has 1 aliphatic carbocycles. The van der Waals surface area contributed by atoms with Gasteiger partial charge in [-0.25, -0.2) is 15.0 Å². The smallest absolute Gasteiger partial charge is 0.164 e. The molecule has 0 saturated heterocycles. The molecule has 7 aromatic carbocycles. The fraction of sp³-hybridized carbons (Fsp3) is 0.0392. The Morgan fingerprint density at radius 1 is 0.464 bits per heavy atom. The van der Waals surface area contributed by atoms with E-state index in [0.717, 1.165) is 23.1 Å². The molecule has 264 valence electrons. The molecule has 0 saturated carbocycles. The maximum Gasteiger partial charge on any atom is 0.164 e. The Labute approximate surface area is 329 Å². The summed E-state index contributed by atoms with van der Waals surface area (Å²) in [6.45, 7) is 0. The highest BCUT2D eigenvalue weighted by atomic mass is 32.2. The lowest BCUT2D eigenvalue weighted by molar-refractivity contribution is 0.838. The minimum atomic E-state index is 0.349. The van der Waals surface area contributed by atoms with Gasteiger partial charge in [-0.3, -0.25) is 0 Å². The molecule has 1 atom stereocenters. The lowest BCUT2D eigenvalue weighted by Gasteiger charge is -2.17. The highest BCUT2D eigenvalue weighted by Crippen LogP contribution is 2.53. The lowest BCUT2D eigenvalue weighted by atomic mass is 9.89. The third-order valence-corrected chi connectivity index (χ3v) is 12.2. The van der Waals surface area contributed by atoms with Gasteiger partial charge in [-0.1, -0.05) is 157 Å². The molecule has 2 aliphatic rings. The van der Waals surface area contributed by atoms with E-state index in [4.69, 9.17) is 15.0 Å². The predicted molar refractivity (Wildman–Crippen MR) is 232 cm³/mol. The lowest BCUT2D eigenvalue weighted by Crippen LogP contribution is -2.05. The maximum absolute atomic E-state index is 5.00. The van der Waals surface area contributed by atoms with Crippen molar-refractivity contribution in [3.63, 3.8) is 0 Å². The van der Waals surface area contributed by atoms with Gasteiger partial charge in [-0.05, 0) is 81.6 Å². The first-order valence-corrected chi connectivity index (χ1v) is 19.9. The summed E-state index contributed by atoms with van der Waals surface area (Å²) >= 11 is 1.88. The fourth-order valence-electron chi connectivity index (χ4n) is 8.23. The molecule has 0 N–H and O–H groups in total. The van der Waals surface area contributed by atoms with E-state index in [0.29, 0.717) is 23.4 Å². The summed E-state index contributed by atoms with van der Waals surface area (Å²) in [6, 6.07) is 62.5. The van der Waals surface area contributed by atoms with E-state index in [1.807, 2.05) is 48.2 Å². The molecule has 4 nitrogen and oxygen atoms in total. The van der Waals surface area contributed by atoms with Gasteiger partial charge in [0.25, 0.3) is 0 Å². The van der Waals surface area contributed by atoms with Crippen LogP contribution in [-0.2, 0) is 0 Å². The van der Waals surface area contributed by atoms with Crippen LogP contribution in [0.5, 0.6) is 0 Å². The normalized spacial score (nSPS) is 14.7. The summed E-state index contributed by atoms with van der Waals surface area (Å²) in [4.78, 5) is 17.5. The minimum absolute atomic E-state index is 0.349. The first-order chi connectivity index (χ1) is 27.7. The SMILES string of the molecule is C1=C(c2nc(-c3ccccc3)nc(-c3ccccc3)n2)C=C2Sc3cc(-c4ccc(-c5ccc6c(c5)c5ccccc5n6-c5ccccc5)cc4)ccc3C2C1. The number of thioether (sulfide) groups is 1. The summed E-state index contributed by atoms with van der Waals surface area (Å²) in [5.41, 5.74) is 12.9. The van der Waals surface area contributed by atoms with Crippen LogP contribution in [-0.4, -0.2) is 19.5 Å². The molecule has 5 heteroatoms. The van der Waals surface area contributed by atoms with Gasteiger partial charge in [-0.2, -0.15) is 0 Å². The zero-order valence-corrected chi connectivity index (χ0v) is 31.2. The van der Waals surface area contributed by atoms with Crippen molar-refractivity contribution in [3.05, 3.63) is 204 Å². The maximum atomic E-state index is 5.00. The van der Waals surface area contributed by atoms with Crippen molar-refractivity contribution in [1.82, 2.24) is 19.5 Å². The fourth-order valence-corrected chi connectivity index (χ4v) is 9.55. The molecule has 2 aromatic heterocycles. The van der Waals surface area contributed by atoms with Gasteiger partial charge in [0.2, 0.25) is 0 Å². The van der Waals surface area contributed by atoms with Crippen LogP contribution < -0.4 is 0 Å². The number of hydrogen-bond donors (Lipinski definition) is 0. The minimum Gasteiger partial charge on any atom is -0.309 e. The van der Waals surface area contributed by atoms with E-state index in [2.05, 4.69) is 156 Å². The Hall–Kier alpha value is -6.82. The third-order valence-electron chi connectivity index (χ3n) is 11.0. The molecular formula is C51H34N4S. The van der Waals surface area contributed by atoms with Crippen LogP contribution in [0.4, 0.5) is 0 Å². The second-order valence-electron chi connectivity index (χ2n) is 14.4. The van der Waals surface area contributed by atoms with Gasteiger partial charge in [0.05, 0.1) is 11.0 Å². The van der Waals surface area contributed by atoms with Gasteiger partial charge in [0.15, 0.2) is 17.5 Å². The van der Waals surface area contributed by atoms with E-state index >= 15 is 0 Å². The van der Waals surface area contributed by atoms with Gasteiger partial charge < -0.3 is 4.57 Å². The summed E-state index contributed by atoms with van der Waals surface area (Å²) < 4.78 is 2.36. The first kappa shape index (κ1) is 32.6. The second-order valence-corrected chi connectivity index (χ2v) is 15.5. The number of allylic oxidation sites excluding steroid dienone is 4. The second kappa shape index (κ2) is 13.5. The Bertz CT molecular complexity index is 2940. The molecule has 3 heterocycles. The Morgan fingerprint density at radius 2 is 1.02 bits per heavy atom. The number of hydrogen-bond acceptors (Lipinski definition) is 4. The van der Waals surface area contributed by atoms with Crippen molar-refractivity contribution >= 4 is 39.1 Å². The van der Waals surface area contributed by atoms with Crippen LogP contribution in [0.15, 0.2) is 198 Å². The monoisotopic (exact) mass is 734 g/mol. The van der Waals surface area contributed by atoms with Crippen molar-refractivity contribution in [3.8, 4) is 50.7 Å². The summed E-state index contributed by atoms with van der Waals surface area (Å²) in [5.74, 6) is 2.43. The van der Waals surface area contributed by atoms with E-state index < -0.39 is 0 Å². The number of rotatable bonds is 6. The van der Waals surface area contributed by atoms with E-state index in [1.54, 1.807) is 0 Å². The Morgan fingerprint density at radius 3 is 1.71 bits per heavy atom. The molecule has 0 amide bonds. The van der Waals surface area contributed by atoms with Crippen molar-refractivity contribution in [2.75, 3.05) is 0 Å². The summed E-state index contributed by atoms with van der Waals surface area (Å²) in [5, 5.41) is 2.53. The molecule has 11 rings (SSSR count).